The summed E-state index contributed by atoms with van der Waals surface area (Å²) in [5.74, 6) is 0.948. The summed E-state index contributed by atoms with van der Waals surface area (Å²) >= 11 is 0. The molecule has 1 atom stereocenters. The van der Waals surface area contributed by atoms with E-state index in [-0.39, 0.29) is 11.5 Å². The summed E-state index contributed by atoms with van der Waals surface area (Å²) in [6.07, 6.45) is 1.34. The molecule has 1 aromatic carbocycles. The first-order chi connectivity index (χ1) is 7.99. The van der Waals surface area contributed by atoms with Crippen LogP contribution in [0.1, 0.15) is 39.7 Å². The minimum atomic E-state index is 0.199. The molecule has 1 aromatic rings. The summed E-state index contributed by atoms with van der Waals surface area (Å²) < 4.78 is 5.79. The Morgan fingerprint density at radius 2 is 1.82 bits per heavy atom. The average Bonchev–Trinajstić information content (AvgIpc) is 2.30. The van der Waals surface area contributed by atoms with Gasteiger partial charge in [0.1, 0.15) is 11.9 Å². The van der Waals surface area contributed by atoms with E-state index in [4.69, 9.17) is 4.74 Å². The van der Waals surface area contributed by atoms with Gasteiger partial charge in [-0.2, -0.15) is 0 Å². The van der Waals surface area contributed by atoms with Gasteiger partial charge < -0.3 is 10.1 Å². The number of hydrogen-bond donors (Lipinski definition) is 1. The van der Waals surface area contributed by atoms with Crippen molar-refractivity contribution in [3.63, 3.8) is 0 Å². The molecule has 96 valence electrons. The van der Waals surface area contributed by atoms with Crippen LogP contribution in [0, 0.1) is 0 Å². The van der Waals surface area contributed by atoms with Crippen molar-refractivity contribution in [3.05, 3.63) is 29.8 Å². The average molecular weight is 235 g/mol. The van der Waals surface area contributed by atoms with Gasteiger partial charge in [-0.1, -0.05) is 32.9 Å². The predicted octanol–water partition coefficient (Wildman–Crippen LogP) is 3.36. The van der Waals surface area contributed by atoms with Crippen LogP contribution in [0.3, 0.4) is 0 Å². The Balaban J connectivity index is 2.68. The van der Waals surface area contributed by atoms with Gasteiger partial charge in [-0.05, 0) is 43.5 Å². The summed E-state index contributed by atoms with van der Waals surface area (Å²) in [6, 6.07) is 8.48. The first-order valence-electron chi connectivity index (χ1n) is 6.41. The third-order valence-corrected chi connectivity index (χ3v) is 3.35. The number of nitrogens with one attached hydrogen (secondary N) is 1. The van der Waals surface area contributed by atoms with Gasteiger partial charge >= 0.3 is 0 Å². The fourth-order valence-corrected chi connectivity index (χ4v) is 1.75. The molecule has 0 fully saturated rings. The van der Waals surface area contributed by atoms with E-state index < -0.39 is 0 Å². The highest BCUT2D eigenvalue weighted by Crippen LogP contribution is 2.28. The Hall–Kier alpha value is -1.02. The third-order valence-electron chi connectivity index (χ3n) is 3.35. The summed E-state index contributed by atoms with van der Waals surface area (Å²) in [5, 5.41) is 3.11. The summed E-state index contributed by atoms with van der Waals surface area (Å²) in [6.45, 7) is 9.70. The summed E-state index contributed by atoms with van der Waals surface area (Å²) in [5.41, 5.74) is 1.61. The molecule has 0 aliphatic carbocycles. The molecule has 0 spiro atoms. The number of hydrogen-bond acceptors (Lipinski definition) is 2. The first-order valence-corrected chi connectivity index (χ1v) is 6.41. The van der Waals surface area contributed by atoms with Crippen LogP contribution in [0.2, 0.25) is 0 Å². The van der Waals surface area contributed by atoms with Gasteiger partial charge in [-0.3, -0.25) is 0 Å². The minimum Gasteiger partial charge on any atom is -0.489 e. The van der Waals surface area contributed by atoms with Gasteiger partial charge in [0, 0.05) is 6.54 Å². The first kappa shape index (κ1) is 14.0. The van der Waals surface area contributed by atoms with Gasteiger partial charge in [0.2, 0.25) is 0 Å². The Morgan fingerprint density at radius 1 is 1.24 bits per heavy atom. The van der Waals surface area contributed by atoms with Gasteiger partial charge in [0.05, 0.1) is 0 Å². The molecule has 0 bridgehead atoms. The fraction of sp³-hybridized carbons (Fsp3) is 0.600. The Kier molecular flexibility index (Phi) is 5.01. The lowest BCUT2D eigenvalue weighted by atomic mass is 9.82. The Bertz CT molecular complexity index is 329. The molecular weight excluding hydrogens is 210 g/mol. The van der Waals surface area contributed by atoms with E-state index in [1.54, 1.807) is 0 Å². The van der Waals surface area contributed by atoms with Gasteiger partial charge in [0.15, 0.2) is 0 Å². The maximum Gasteiger partial charge on any atom is 0.119 e. The highest BCUT2D eigenvalue weighted by Gasteiger charge is 2.17. The number of ether oxygens (including phenoxy) is 1. The SMILES string of the molecule is CCC(C)(C)c1ccc(OC(C)CNC)cc1. The monoisotopic (exact) mass is 235 g/mol. The van der Waals surface area contributed by atoms with Crippen molar-refractivity contribution >= 4 is 0 Å². The molecule has 0 radical (unpaired) electrons. The molecule has 2 nitrogen and oxygen atoms in total. The molecule has 2 heteroatoms. The minimum absolute atomic E-state index is 0.199. The van der Waals surface area contributed by atoms with E-state index in [9.17, 15) is 0 Å². The quantitative estimate of drug-likeness (QED) is 0.816. The molecule has 0 aliphatic rings. The fourth-order valence-electron chi connectivity index (χ4n) is 1.75. The van der Waals surface area contributed by atoms with Crippen molar-refractivity contribution < 1.29 is 4.74 Å². The lowest BCUT2D eigenvalue weighted by molar-refractivity contribution is 0.220. The highest BCUT2D eigenvalue weighted by atomic mass is 16.5. The standard InChI is InChI=1S/C15H25NO/c1-6-15(3,4)13-7-9-14(10-8-13)17-12(2)11-16-5/h7-10,12,16H,6,11H2,1-5H3. The van der Waals surface area contributed by atoms with Gasteiger partial charge in [0.25, 0.3) is 0 Å². The molecule has 0 saturated heterocycles. The van der Waals surface area contributed by atoms with E-state index in [1.807, 2.05) is 7.05 Å². The third kappa shape index (κ3) is 4.04. The maximum absolute atomic E-state index is 5.79. The topological polar surface area (TPSA) is 21.3 Å². The molecule has 0 aromatic heterocycles. The molecule has 17 heavy (non-hydrogen) atoms. The van der Waals surface area contributed by atoms with Crippen molar-refractivity contribution in [2.75, 3.05) is 13.6 Å². The van der Waals surface area contributed by atoms with E-state index in [2.05, 4.69) is 57.3 Å². The van der Waals surface area contributed by atoms with Crippen molar-refractivity contribution in [3.8, 4) is 5.75 Å². The van der Waals surface area contributed by atoms with Crippen LogP contribution < -0.4 is 10.1 Å². The molecule has 0 heterocycles. The zero-order valence-electron chi connectivity index (χ0n) is 11.7. The van der Waals surface area contributed by atoms with E-state index in [1.165, 1.54) is 5.56 Å². The van der Waals surface area contributed by atoms with Crippen molar-refractivity contribution in [2.24, 2.45) is 0 Å². The van der Waals surface area contributed by atoms with Crippen LogP contribution in [-0.2, 0) is 5.41 Å². The molecule has 0 amide bonds. The predicted molar refractivity (Wildman–Crippen MR) is 73.8 cm³/mol. The number of likely N-dealkylation sites (N-methyl/N-ethyl adjacent to an activating group) is 1. The van der Waals surface area contributed by atoms with Crippen molar-refractivity contribution in [1.82, 2.24) is 5.32 Å². The van der Waals surface area contributed by atoms with E-state index in [0.29, 0.717) is 0 Å². The second kappa shape index (κ2) is 6.06. The normalized spacial score (nSPS) is 13.5. The van der Waals surface area contributed by atoms with Gasteiger partial charge in [-0.25, -0.2) is 0 Å². The number of benzene rings is 1. The zero-order chi connectivity index (χ0) is 12.9. The lowest BCUT2D eigenvalue weighted by Gasteiger charge is -2.23. The second-order valence-electron chi connectivity index (χ2n) is 5.25. The van der Waals surface area contributed by atoms with Gasteiger partial charge in [-0.15, -0.1) is 0 Å². The van der Waals surface area contributed by atoms with Crippen LogP contribution in [-0.4, -0.2) is 19.7 Å². The number of rotatable bonds is 6. The summed E-state index contributed by atoms with van der Waals surface area (Å²) in [4.78, 5) is 0. The molecule has 0 aliphatic heterocycles. The van der Waals surface area contributed by atoms with Crippen molar-refractivity contribution in [1.29, 1.82) is 0 Å². The smallest absolute Gasteiger partial charge is 0.119 e. The molecule has 1 rings (SSSR count). The molecule has 1 N–H and O–H groups in total. The van der Waals surface area contributed by atoms with Crippen LogP contribution in [0.4, 0.5) is 0 Å². The largest absolute Gasteiger partial charge is 0.489 e. The molecular formula is C15H25NO. The maximum atomic E-state index is 5.79. The van der Waals surface area contributed by atoms with Crippen LogP contribution in [0.5, 0.6) is 5.75 Å². The van der Waals surface area contributed by atoms with E-state index >= 15 is 0 Å². The zero-order valence-corrected chi connectivity index (χ0v) is 11.7. The van der Waals surface area contributed by atoms with Crippen LogP contribution in [0.15, 0.2) is 24.3 Å². The Morgan fingerprint density at radius 3 is 2.29 bits per heavy atom. The van der Waals surface area contributed by atoms with Crippen LogP contribution in [0.25, 0.3) is 0 Å². The summed E-state index contributed by atoms with van der Waals surface area (Å²) in [7, 11) is 1.94. The second-order valence-corrected chi connectivity index (χ2v) is 5.25. The highest BCUT2D eigenvalue weighted by molar-refractivity contribution is 5.31. The van der Waals surface area contributed by atoms with Crippen molar-refractivity contribution in [2.45, 2.75) is 45.6 Å². The lowest BCUT2D eigenvalue weighted by Crippen LogP contribution is -2.26. The van der Waals surface area contributed by atoms with Crippen LogP contribution >= 0.6 is 0 Å². The molecule has 0 saturated carbocycles. The Labute approximate surface area is 105 Å². The molecule has 1 unspecified atom stereocenters. The van der Waals surface area contributed by atoms with E-state index in [0.717, 1.165) is 18.7 Å².